The Balaban J connectivity index is 2.68. The summed E-state index contributed by atoms with van der Waals surface area (Å²) < 4.78 is 0. The molecule has 0 fully saturated rings. The molecular weight excluding hydrogens is 291 g/mol. The zero-order chi connectivity index (χ0) is 13.9. The molecule has 1 aromatic carbocycles. The van der Waals surface area contributed by atoms with Gasteiger partial charge in [0, 0.05) is 29.2 Å². The van der Waals surface area contributed by atoms with Crippen molar-refractivity contribution in [3.63, 3.8) is 0 Å². The largest absolute Gasteiger partial charge is 0.311 e. The number of halogens is 3. The van der Waals surface area contributed by atoms with Gasteiger partial charge in [0.25, 0.3) is 0 Å². The lowest BCUT2D eigenvalue weighted by Crippen LogP contribution is -2.46. The van der Waals surface area contributed by atoms with Gasteiger partial charge in [0.2, 0.25) is 0 Å². The summed E-state index contributed by atoms with van der Waals surface area (Å²) in [7, 11) is 4.11. The van der Waals surface area contributed by atoms with Gasteiger partial charge >= 0.3 is 0 Å². The molecule has 5 heteroatoms. The van der Waals surface area contributed by atoms with Gasteiger partial charge < -0.3 is 10.2 Å². The summed E-state index contributed by atoms with van der Waals surface area (Å²) in [6.07, 6.45) is 0. The zero-order valence-corrected chi connectivity index (χ0v) is 13.4. The first-order chi connectivity index (χ1) is 8.25. The summed E-state index contributed by atoms with van der Waals surface area (Å²) in [4.78, 5) is 2.17. The van der Waals surface area contributed by atoms with E-state index in [2.05, 4.69) is 38.2 Å². The van der Waals surface area contributed by atoms with Crippen molar-refractivity contribution in [2.45, 2.75) is 25.9 Å². The van der Waals surface area contributed by atoms with Crippen LogP contribution >= 0.6 is 34.8 Å². The van der Waals surface area contributed by atoms with Crippen molar-refractivity contribution in [1.29, 1.82) is 0 Å². The maximum absolute atomic E-state index is 6.14. The molecule has 1 N–H and O–H groups in total. The minimum absolute atomic E-state index is 0.0670. The average molecular weight is 310 g/mol. The fraction of sp³-hybridized carbons (Fsp3) is 0.538. The van der Waals surface area contributed by atoms with Gasteiger partial charge in [-0.25, -0.2) is 0 Å². The van der Waals surface area contributed by atoms with Crippen molar-refractivity contribution < 1.29 is 0 Å². The van der Waals surface area contributed by atoms with E-state index in [4.69, 9.17) is 34.8 Å². The molecule has 0 amide bonds. The Morgan fingerprint density at radius 2 is 1.67 bits per heavy atom. The third-order valence-corrected chi connectivity index (χ3v) is 4.41. The highest BCUT2D eigenvalue weighted by molar-refractivity contribution is 6.44. The molecule has 2 nitrogen and oxygen atoms in total. The number of likely N-dealkylation sites (N-methyl/N-ethyl adjacent to an activating group) is 1. The molecule has 102 valence electrons. The minimum atomic E-state index is 0.0670. The van der Waals surface area contributed by atoms with Crippen LogP contribution in [0.4, 0.5) is 0 Å². The molecule has 0 aliphatic heterocycles. The highest BCUT2D eigenvalue weighted by Crippen LogP contribution is 2.31. The summed E-state index contributed by atoms with van der Waals surface area (Å²) in [5, 5.41) is 5.06. The Labute approximate surface area is 124 Å². The van der Waals surface area contributed by atoms with E-state index < -0.39 is 0 Å². The van der Waals surface area contributed by atoms with E-state index in [0.29, 0.717) is 21.6 Å². The molecule has 0 bridgehead atoms. The summed E-state index contributed by atoms with van der Waals surface area (Å²) in [5.41, 5.74) is 0.915. The van der Waals surface area contributed by atoms with Crippen molar-refractivity contribution in [3.8, 4) is 0 Å². The van der Waals surface area contributed by atoms with E-state index in [-0.39, 0.29) is 5.54 Å². The van der Waals surface area contributed by atoms with Crippen molar-refractivity contribution in [2.75, 3.05) is 20.6 Å². The van der Waals surface area contributed by atoms with Crippen LogP contribution in [0.15, 0.2) is 12.1 Å². The topological polar surface area (TPSA) is 15.3 Å². The van der Waals surface area contributed by atoms with Crippen LogP contribution in [0, 0.1) is 0 Å². The predicted octanol–water partition coefficient (Wildman–Crippen LogP) is 4.08. The number of benzene rings is 1. The number of hydrogen-bond donors (Lipinski definition) is 1. The van der Waals surface area contributed by atoms with Crippen molar-refractivity contribution in [1.82, 2.24) is 10.2 Å². The maximum atomic E-state index is 6.14. The predicted molar refractivity (Wildman–Crippen MR) is 80.9 cm³/mol. The Bertz CT molecular complexity index is 417. The second kappa shape index (κ2) is 6.44. The van der Waals surface area contributed by atoms with Crippen LogP contribution < -0.4 is 5.32 Å². The second-order valence-electron chi connectivity index (χ2n) is 5.13. The maximum Gasteiger partial charge on any atom is 0.0652 e. The molecule has 0 heterocycles. The van der Waals surface area contributed by atoms with Crippen LogP contribution in [-0.2, 0) is 6.54 Å². The average Bonchev–Trinajstić information content (AvgIpc) is 2.28. The lowest BCUT2D eigenvalue weighted by Gasteiger charge is -2.32. The highest BCUT2D eigenvalue weighted by Gasteiger charge is 2.20. The number of nitrogens with zero attached hydrogens (tertiary/aromatic N) is 1. The quantitative estimate of drug-likeness (QED) is 0.825. The zero-order valence-electron chi connectivity index (χ0n) is 11.2. The van der Waals surface area contributed by atoms with Gasteiger partial charge in [-0.05, 0) is 40.1 Å². The summed E-state index contributed by atoms with van der Waals surface area (Å²) in [6.45, 7) is 5.77. The van der Waals surface area contributed by atoms with Crippen LogP contribution in [0.25, 0.3) is 0 Å². The number of hydrogen-bond acceptors (Lipinski definition) is 2. The van der Waals surface area contributed by atoms with Gasteiger partial charge in [-0.1, -0.05) is 34.8 Å². The van der Waals surface area contributed by atoms with Gasteiger partial charge in [-0.15, -0.1) is 0 Å². The normalized spacial score (nSPS) is 12.2. The highest BCUT2D eigenvalue weighted by atomic mass is 35.5. The van der Waals surface area contributed by atoms with E-state index in [1.54, 1.807) is 12.1 Å². The summed E-state index contributed by atoms with van der Waals surface area (Å²) in [6, 6.07) is 3.48. The number of nitrogens with one attached hydrogen (secondary N) is 1. The Morgan fingerprint density at radius 1 is 1.11 bits per heavy atom. The molecule has 0 radical (unpaired) electrons. The van der Waals surface area contributed by atoms with E-state index in [0.717, 1.165) is 12.1 Å². The second-order valence-corrected chi connectivity index (χ2v) is 6.32. The van der Waals surface area contributed by atoms with Crippen molar-refractivity contribution in [3.05, 3.63) is 32.8 Å². The molecule has 0 aromatic heterocycles. The molecule has 18 heavy (non-hydrogen) atoms. The molecule has 0 spiro atoms. The van der Waals surface area contributed by atoms with Crippen molar-refractivity contribution >= 4 is 34.8 Å². The van der Waals surface area contributed by atoms with E-state index >= 15 is 0 Å². The van der Waals surface area contributed by atoms with Crippen LogP contribution in [0.2, 0.25) is 15.1 Å². The molecule has 0 atom stereocenters. The molecule has 0 saturated carbocycles. The van der Waals surface area contributed by atoms with Gasteiger partial charge in [-0.2, -0.15) is 0 Å². The third-order valence-electron chi connectivity index (χ3n) is 3.21. The van der Waals surface area contributed by atoms with Crippen LogP contribution in [0.5, 0.6) is 0 Å². The van der Waals surface area contributed by atoms with E-state index in [1.165, 1.54) is 0 Å². The molecular formula is C13H19Cl3N2. The number of rotatable bonds is 5. The van der Waals surface area contributed by atoms with Crippen molar-refractivity contribution in [2.24, 2.45) is 0 Å². The van der Waals surface area contributed by atoms with Crippen LogP contribution in [-0.4, -0.2) is 31.1 Å². The Hall–Kier alpha value is 0.01000. The molecule has 0 aliphatic carbocycles. The lowest BCUT2D eigenvalue weighted by molar-refractivity contribution is 0.190. The summed E-state index contributed by atoms with van der Waals surface area (Å²) >= 11 is 18.2. The van der Waals surface area contributed by atoms with Gasteiger partial charge in [0.05, 0.1) is 10.0 Å². The molecule has 0 unspecified atom stereocenters. The fourth-order valence-electron chi connectivity index (χ4n) is 1.38. The summed E-state index contributed by atoms with van der Waals surface area (Å²) in [5.74, 6) is 0. The third kappa shape index (κ3) is 4.01. The molecule has 0 saturated heterocycles. The molecule has 0 aliphatic rings. The van der Waals surface area contributed by atoms with Gasteiger partial charge in [0.15, 0.2) is 0 Å². The van der Waals surface area contributed by atoms with Gasteiger partial charge in [0.1, 0.15) is 0 Å². The van der Waals surface area contributed by atoms with Crippen LogP contribution in [0.1, 0.15) is 19.4 Å². The fourth-order valence-corrected chi connectivity index (χ4v) is 2.06. The smallest absolute Gasteiger partial charge is 0.0652 e. The van der Waals surface area contributed by atoms with E-state index in [1.807, 2.05) is 0 Å². The molecule has 1 rings (SSSR count). The van der Waals surface area contributed by atoms with Gasteiger partial charge in [-0.3, -0.25) is 0 Å². The Kier molecular flexibility index (Phi) is 5.75. The minimum Gasteiger partial charge on any atom is -0.311 e. The van der Waals surface area contributed by atoms with E-state index in [9.17, 15) is 0 Å². The monoisotopic (exact) mass is 308 g/mol. The first-order valence-electron chi connectivity index (χ1n) is 5.76. The SMILES string of the molecule is CN(C)C(C)(C)CNCc1c(Cl)ccc(Cl)c1Cl. The van der Waals surface area contributed by atoms with Crippen LogP contribution in [0.3, 0.4) is 0 Å². The molecule has 1 aromatic rings. The standard InChI is InChI=1S/C13H19Cl3N2/c1-13(2,18(3)4)8-17-7-9-10(14)5-6-11(15)12(9)16/h5-6,17H,7-8H2,1-4H3. The first-order valence-corrected chi connectivity index (χ1v) is 6.89. The first kappa shape index (κ1) is 16.1. The lowest BCUT2D eigenvalue weighted by atomic mass is 10.0. The Morgan fingerprint density at radius 3 is 2.22 bits per heavy atom.